The molecule has 0 aliphatic rings. The van der Waals surface area contributed by atoms with Crippen molar-refractivity contribution in [1.29, 1.82) is 0 Å². The van der Waals surface area contributed by atoms with E-state index in [2.05, 4.69) is 26.5 Å². The second-order valence-corrected chi connectivity index (χ2v) is 6.97. The van der Waals surface area contributed by atoms with Gasteiger partial charge < -0.3 is 4.74 Å². The van der Waals surface area contributed by atoms with Gasteiger partial charge in [-0.3, -0.25) is 14.3 Å². The van der Waals surface area contributed by atoms with Crippen molar-refractivity contribution in [1.82, 2.24) is 19.7 Å². The normalized spacial score (nSPS) is 10.9. The monoisotopic (exact) mass is 416 g/mol. The summed E-state index contributed by atoms with van der Waals surface area (Å²) in [6.45, 7) is 2.97. The standard InChI is InChI=1S/C20H18F2N4O2S/c1-3-10-26-18(14-6-8-23-9-7-14)24-25-20(26)29-12-16(27)15-11-13(2)4-5-17(15)28-19(21)22/h3-9,11,19H,1,10,12H2,2H3. The third-order valence-corrected chi connectivity index (χ3v) is 4.92. The van der Waals surface area contributed by atoms with Gasteiger partial charge in [-0.2, -0.15) is 8.78 Å². The molecule has 9 heteroatoms. The largest absolute Gasteiger partial charge is 0.434 e. The number of hydrogen-bond donors (Lipinski definition) is 0. The van der Waals surface area contributed by atoms with Gasteiger partial charge in [-0.25, -0.2) is 0 Å². The first-order valence-corrected chi connectivity index (χ1v) is 9.64. The Kier molecular flexibility index (Phi) is 6.71. The molecular formula is C20H18F2N4O2S. The van der Waals surface area contributed by atoms with Crippen LogP contribution in [-0.2, 0) is 6.54 Å². The van der Waals surface area contributed by atoms with E-state index in [1.165, 1.54) is 23.9 Å². The number of thioether (sulfide) groups is 1. The average Bonchev–Trinajstić information content (AvgIpc) is 3.11. The van der Waals surface area contributed by atoms with Crippen molar-refractivity contribution in [3.8, 4) is 17.1 Å². The van der Waals surface area contributed by atoms with E-state index in [1.54, 1.807) is 31.5 Å². The van der Waals surface area contributed by atoms with Gasteiger partial charge in [0, 0.05) is 24.5 Å². The van der Waals surface area contributed by atoms with Crippen LogP contribution >= 0.6 is 11.8 Å². The lowest BCUT2D eigenvalue weighted by molar-refractivity contribution is -0.0501. The van der Waals surface area contributed by atoms with Gasteiger partial charge in [-0.1, -0.05) is 29.5 Å². The van der Waals surface area contributed by atoms with Gasteiger partial charge in [0.1, 0.15) is 5.75 Å². The molecule has 0 amide bonds. The number of carbonyl (C=O) groups is 1. The van der Waals surface area contributed by atoms with Crippen molar-refractivity contribution in [3.63, 3.8) is 0 Å². The highest BCUT2D eigenvalue weighted by atomic mass is 32.2. The molecule has 2 aromatic heterocycles. The summed E-state index contributed by atoms with van der Waals surface area (Å²) in [5.41, 5.74) is 1.72. The van der Waals surface area contributed by atoms with Crippen molar-refractivity contribution in [2.24, 2.45) is 0 Å². The summed E-state index contributed by atoms with van der Waals surface area (Å²) in [6, 6.07) is 8.15. The maximum Gasteiger partial charge on any atom is 0.387 e. The van der Waals surface area contributed by atoms with E-state index in [-0.39, 0.29) is 22.8 Å². The number of halogens is 2. The van der Waals surface area contributed by atoms with Crippen molar-refractivity contribution in [2.75, 3.05) is 5.75 Å². The molecule has 29 heavy (non-hydrogen) atoms. The lowest BCUT2D eigenvalue weighted by Crippen LogP contribution is -2.10. The highest BCUT2D eigenvalue weighted by molar-refractivity contribution is 7.99. The minimum atomic E-state index is -3.00. The Morgan fingerprint density at radius 1 is 1.28 bits per heavy atom. The van der Waals surface area contributed by atoms with Crippen LogP contribution in [0.2, 0.25) is 0 Å². The van der Waals surface area contributed by atoms with Gasteiger partial charge in [0.15, 0.2) is 16.8 Å². The van der Waals surface area contributed by atoms with Gasteiger partial charge >= 0.3 is 6.61 Å². The van der Waals surface area contributed by atoms with Crippen LogP contribution in [0.15, 0.2) is 60.5 Å². The number of carbonyl (C=O) groups excluding carboxylic acids is 1. The number of aryl methyl sites for hydroxylation is 1. The Balaban J connectivity index is 1.82. The molecule has 0 fully saturated rings. The van der Waals surface area contributed by atoms with Gasteiger partial charge in [0.05, 0.1) is 11.3 Å². The smallest absolute Gasteiger partial charge is 0.387 e. The number of nitrogens with zero attached hydrogens (tertiary/aromatic N) is 4. The van der Waals surface area contributed by atoms with Crippen molar-refractivity contribution < 1.29 is 18.3 Å². The van der Waals surface area contributed by atoms with Crippen LogP contribution in [0.25, 0.3) is 11.4 Å². The number of Topliss-reactive ketones (excluding diaryl/α,β-unsaturated/α-hetero) is 1. The van der Waals surface area contributed by atoms with E-state index in [0.717, 1.165) is 11.1 Å². The van der Waals surface area contributed by atoms with E-state index in [9.17, 15) is 13.6 Å². The third kappa shape index (κ3) is 5.05. The molecule has 0 atom stereocenters. The van der Waals surface area contributed by atoms with Gasteiger partial charge in [-0.05, 0) is 31.2 Å². The fraction of sp³-hybridized carbons (Fsp3) is 0.200. The molecule has 0 bridgehead atoms. The zero-order valence-electron chi connectivity index (χ0n) is 15.6. The quantitative estimate of drug-likeness (QED) is 0.292. The summed E-state index contributed by atoms with van der Waals surface area (Å²) < 4.78 is 31.6. The zero-order valence-corrected chi connectivity index (χ0v) is 16.4. The molecule has 150 valence electrons. The van der Waals surface area contributed by atoms with Crippen LogP contribution in [0.1, 0.15) is 15.9 Å². The van der Waals surface area contributed by atoms with Gasteiger partial charge in [-0.15, -0.1) is 16.8 Å². The Hall–Kier alpha value is -3.07. The predicted octanol–water partition coefficient (Wildman–Crippen LogP) is 4.41. The topological polar surface area (TPSA) is 69.9 Å². The van der Waals surface area contributed by atoms with E-state index in [1.807, 2.05) is 16.7 Å². The molecule has 3 rings (SSSR count). The Bertz CT molecular complexity index is 1010. The molecule has 0 radical (unpaired) electrons. The summed E-state index contributed by atoms with van der Waals surface area (Å²) in [7, 11) is 0. The van der Waals surface area contributed by atoms with Crippen LogP contribution in [0.4, 0.5) is 8.78 Å². The molecule has 2 heterocycles. The third-order valence-electron chi connectivity index (χ3n) is 3.95. The molecule has 3 aromatic rings. The Labute approximate surface area is 170 Å². The number of rotatable bonds is 9. The molecule has 0 saturated carbocycles. The van der Waals surface area contributed by atoms with E-state index < -0.39 is 6.61 Å². The number of benzene rings is 1. The molecule has 1 aromatic carbocycles. The number of ether oxygens (including phenoxy) is 1. The second-order valence-electron chi connectivity index (χ2n) is 6.03. The predicted molar refractivity (Wildman–Crippen MR) is 106 cm³/mol. The molecule has 0 saturated heterocycles. The average molecular weight is 416 g/mol. The van der Waals surface area contributed by atoms with Crippen molar-refractivity contribution in [2.45, 2.75) is 25.2 Å². The van der Waals surface area contributed by atoms with Crippen molar-refractivity contribution >= 4 is 17.5 Å². The molecule has 0 spiro atoms. The first-order valence-electron chi connectivity index (χ1n) is 8.65. The number of aromatic nitrogens is 4. The summed E-state index contributed by atoms with van der Waals surface area (Å²) in [5, 5.41) is 8.90. The molecule has 6 nitrogen and oxygen atoms in total. The first kappa shape index (κ1) is 20.7. The van der Waals surface area contributed by atoms with Crippen molar-refractivity contribution in [3.05, 3.63) is 66.5 Å². The number of ketones is 1. The molecular weight excluding hydrogens is 398 g/mol. The summed E-state index contributed by atoms with van der Waals surface area (Å²) >= 11 is 1.17. The maximum absolute atomic E-state index is 12.7. The first-order chi connectivity index (χ1) is 14.0. The molecule has 0 aliphatic heterocycles. The lowest BCUT2D eigenvalue weighted by Gasteiger charge is -2.11. The SMILES string of the molecule is C=CCn1c(SCC(=O)c2cc(C)ccc2OC(F)F)nnc1-c1ccncc1. The summed E-state index contributed by atoms with van der Waals surface area (Å²) in [4.78, 5) is 16.7. The van der Waals surface area contributed by atoms with Crippen LogP contribution < -0.4 is 4.74 Å². The summed E-state index contributed by atoms with van der Waals surface area (Å²) in [6.07, 6.45) is 5.01. The Morgan fingerprint density at radius 3 is 2.72 bits per heavy atom. The lowest BCUT2D eigenvalue weighted by atomic mass is 10.1. The van der Waals surface area contributed by atoms with Crippen LogP contribution in [0.3, 0.4) is 0 Å². The summed E-state index contributed by atoms with van der Waals surface area (Å²) in [5.74, 6) is 0.142. The zero-order chi connectivity index (χ0) is 20.8. The fourth-order valence-electron chi connectivity index (χ4n) is 2.67. The Morgan fingerprint density at radius 2 is 2.03 bits per heavy atom. The minimum Gasteiger partial charge on any atom is -0.434 e. The maximum atomic E-state index is 12.7. The van der Waals surface area contributed by atoms with Crippen LogP contribution in [0, 0.1) is 6.92 Å². The van der Waals surface area contributed by atoms with E-state index >= 15 is 0 Å². The van der Waals surface area contributed by atoms with Gasteiger partial charge in [0.25, 0.3) is 0 Å². The van der Waals surface area contributed by atoms with E-state index in [0.29, 0.717) is 17.5 Å². The van der Waals surface area contributed by atoms with Gasteiger partial charge in [0.2, 0.25) is 0 Å². The minimum absolute atomic E-state index is 0.00528. The highest BCUT2D eigenvalue weighted by Gasteiger charge is 2.19. The highest BCUT2D eigenvalue weighted by Crippen LogP contribution is 2.27. The number of hydrogen-bond acceptors (Lipinski definition) is 6. The molecule has 0 aliphatic carbocycles. The number of pyridine rings is 1. The van der Waals surface area contributed by atoms with E-state index in [4.69, 9.17) is 0 Å². The second kappa shape index (κ2) is 9.42. The molecule has 0 N–H and O–H groups in total. The fourth-order valence-corrected chi connectivity index (χ4v) is 3.50. The molecule has 0 unspecified atom stereocenters. The number of alkyl halides is 2. The van der Waals surface area contributed by atoms with Crippen LogP contribution in [-0.4, -0.2) is 37.9 Å². The van der Waals surface area contributed by atoms with Crippen LogP contribution in [0.5, 0.6) is 5.75 Å². The number of allylic oxidation sites excluding steroid dienone is 1.